The van der Waals surface area contributed by atoms with Crippen LogP contribution in [0.1, 0.15) is 13.8 Å². The summed E-state index contributed by atoms with van der Waals surface area (Å²) in [7, 11) is -0.741. The Labute approximate surface area is 52.9 Å². The molecule has 0 rings (SSSR count). The summed E-state index contributed by atoms with van der Waals surface area (Å²) in [6.45, 7) is 8.43. The average Bonchev–Trinajstić information content (AvgIpc) is 1.67. The van der Waals surface area contributed by atoms with Gasteiger partial charge in [-0.15, -0.1) is 0 Å². The number of hydrogen-bond donors (Lipinski definition) is 0. The van der Waals surface area contributed by atoms with Crippen LogP contribution in [0.2, 0.25) is 18.1 Å². The van der Waals surface area contributed by atoms with E-state index in [0.29, 0.717) is 0 Å². The zero-order chi connectivity index (χ0) is 6.78. The lowest BCUT2D eigenvalue weighted by Gasteiger charge is -2.17. The van der Waals surface area contributed by atoms with E-state index in [4.69, 9.17) is 5.26 Å². The summed E-state index contributed by atoms with van der Waals surface area (Å²) < 4.78 is 0. The van der Waals surface area contributed by atoms with Gasteiger partial charge in [0.25, 0.3) is 0 Å². The molecule has 0 aromatic rings. The van der Waals surface area contributed by atoms with Crippen molar-refractivity contribution in [2.45, 2.75) is 32.0 Å². The minimum atomic E-state index is -0.741. The highest BCUT2D eigenvalue weighted by Crippen LogP contribution is 2.25. The van der Waals surface area contributed by atoms with Crippen molar-refractivity contribution in [2.75, 3.05) is 0 Å². The standard InChI is InChI=1S/C6H13NSi/c1-6(2,5-7)8(3)4/h8H,1-4H3. The maximum atomic E-state index is 8.55. The molecule has 0 spiro atoms. The second-order valence-corrected chi connectivity index (χ2v) is 6.74. The molecule has 46 valence electrons. The molecular formula is C6H13NSi. The second-order valence-electron chi connectivity index (χ2n) is 2.99. The van der Waals surface area contributed by atoms with Gasteiger partial charge in [0.05, 0.1) is 14.9 Å². The van der Waals surface area contributed by atoms with Gasteiger partial charge in [-0.3, -0.25) is 0 Å². The fourth-order valence-electron chi connectivity index (χ4n) is 0.129. The minimum absolute atomic E-state index is 0.0139. The van der Waals surface area contributed by atoms with Crippen LogP contribution in [0, 0.1) is 11.3 Å². The molecule has 0 aliphatic rings. The monoisotopic (exact) mass is 127 g/mol. The van der Waals surface area contributed by atoms with E-state index < -0.39 is 8.80 Å². The van der Waals surface area contributed by atoms with Gasteiger partial charge in [0.15, 0.2) is 0 Å². The molecule has 0 amide bonds. The second kappa shape index (κ2) is 2.32. The van der Waals surface area contributed by atoms with Gasteiger partial charge < -0.3 is 0 Å². The third-order valence-corrected chi connectivity index (χ3v) is 4.75. The molecule has 0 atom stereocenters. The fraction of sp³-hybridized carbons (Fsp3) is 0.833. The summed E-state index contributed by atoms with van der Waals surface area (Å²) in [6, 6.07) is 2.30. The first kappa shape index (κ1) is 7.71. The lowest BCUT2D eigenvalue weighted by molar-refractivity contribution is 0.849. The molecule has 0 fully saturated rings. The highest BCUT2D eigenvalue weighted by molar-refractivity contribution is 6.60. The van der Waals surface area contributed by atoms with Gasteiger partial charge in [-0.25, -0.2) is 0 Å². The molecule has 0 heterocycles. The first-order chi connectivity index (χ1) is 3.50. The van der Waals surface area contributed by atoms with Crippen molar-refractivity contribution >= 4 is 8.80 Å². The van der Waals surface area contributed by atoms with E-state index >= 15 is 0 Å². The molecule has 0 saturated carbocycles. The van der Waals surface area contributed by atoms with E-state index in [-0.39, 0.29) is 5.04 Å². The highest BCUT2D eigenvalue weighted by Gasteiger charge is 2.21. The van der Waals surface area contributed by atoms with Crippen molar-refractivity contribution < 1.29 is 0 Å². The van der Waals surface area contributed by atoms with E-state index in [9.17, 15) is 0 Å². The van der Waals surface area contributed by atoms with Crippen molar-refractivity contribution in [2.24, 2.45) is 0 Å². The third-order valence-electron chi connectivity index (χ3n) is 1.73. The molecule has 0 aliphatic heterocycles. The van der Waals surface area contributed by atoms with E-state index in [0.717, 1.165) is 0 Å². The van der Waals surface area contributed by atoms with Crippen LogP contribution in [0.15, 0.2) is 0 Å². The van der Waals surface area contributed by atoms with Crippen LogP contribution in [-0.4, -0.2) is 8.80 Å². The van der Waals surface area contributed by atoms with Gasteiger partial charge in [0.1, 0.15) is 0 Å². The van der Waals surface area contributed by atoms with Gasteiger partial charge in [-0.1, -0.05) is 13.1 Å². The summed E-state index contributed by atoms with van der Waals surface area (Å²) in [5, 5.41) is 8.54. The Kier molecular flexibility index (Phi) is 2.23. The molecule has 0 radical (unpaired) electrons. The summed E-state index contributed by atoms with van der Waals surface area (Å²) in [4.78, 5) is 0. The molecular weight excluding hydrogens is 114 g/mol. The quantitative estimate of drug-likeness (QED) is 0.492. The van der Waals surface area contributed by atoms with Gasteiger partial charge in [-0.05, 0) is 13.8 Å². The minimum Gasteiger partial charge on any atom is -0.198 e. The Hall–Kier alpha value is -0.293. The van der Waals surface area contributed by atoms with Gasteiger partial charge in [0.2, 0.25) is 0 Å². The molecule has 0 bridgehead atoms. The maximum absolute atomic E-state index is 8.55. The van der Waals surface area contributed by atoms with Gasteiger partial charge >= 0.3 is 0 Å². The summed E-state index contributed by atoms with van der Waals surface area (Å²) >= 11 is 0. The number of nitriles is 1. The van der Waals surface area contributed by atoms with Crippen molar-refractivity contribution in [3.63, 3.8) is 0 Å². The lowest BCUT2D eigenvalue weighted by Crippen LogP contribution is -2.18. The van der Waals surface area contributed by atoms with E-state index in [1.807, 2.05) is 13.8 Å². The van der Waals surface area contributed by atoms with Gasteiger partial charge in [0, 0.05) is 5.04 Å². The zero-order valence-corrected chi connectivity index (χ0v) is 7.18. The molecule has 8 heavy (non-hydrogen) atoms. The van der Waals surface area contributed by atoms with Crippen LogP contribution in [0.3, 0.4) is 0 Å². The van der Waals surface area contributed by atoms with E-state index in [2.05, 4.69) is 19.2 Å². The zero-order valence-electron chi connectivity index (χ0n) is 6.02. The Balaban J connectivity index is 3.97. The first-order valence-electron chi connectivity index (χ1n) is 2.92. The molecule has 0 aliphatic carbocycles. The van der Waals surface area contributed by atoms with Crippen molar-refractivity contribution in [3.05, 3.63) is 0 Å². The Morgan fingerprint density at radius 1 is 1.38 bits per heavy atom. The molecule has 0 saturated heterocycles. The topological polar surface area (TPSA) is 23.8 Å². The molecule has 2 heteroatoms. The summed E-state index contributed by atoms with van der Waals surface area (Å²) in [5.41, 5.74) is 0. The molecule has 0 aromatic carbocycles. The van der Waals surface area contributed by atoms with Crippen LogP contribution >= 0.6 is 0 Å². The van der Waals surface area contributed by atoms with Crippen LogP contribution < -0.4 is 0 Å². The number of rotatable bonds is 1. The number of hydrogen-bond acceptors (Lipinski definition) is 1. The number of nitrogens with zero attached hydrogens (tertiary/aromatic N) is 1. The fourth-order valence-corrected chi connectivity index (χ4v) is 0.387. The van der Waals surface area contributed by atoms with Crippen molar-refractivity contribution in [1.29, 1.82) is 5.26 Å². The predicted octanol–water partition coefficient (Wildman–Crippen LogP) is 1.78. The van der Waals surface area contributed by atoms with Crippen LogP contribution in [-0.2, 0) is 0 Å². The SMILES string of the molecule is C[SiH](C)C(C)(C)C#N. The Morgan fingerprint density at radius 2 is 1.75 bits per heavy atom. The third kappa shape index (κ3) is 1.67. The molecule has 0 unspecified atom stereocenters. The Morgan fingerprint density at radius 3 is 1.75 bits per heavy atom. The van der Waals surface area contributed by atoms with Gasteiger partial charge in [-0.2, -0.15) is 5.26 Å². The smallest absolute Gasteiger partial charge is 0.0647 e. The molecule has 1 nitrogen and oxygen atoms in total. The highest BCUT2D eigenvalue weighted by atomic mass is 28.3. The van der Waals surface area contributed by atoms with Crippen LogP contribution in [0.4, 0.5) is 0 Å². The van der Waals surface area contributed by atoms with Crippen LogP contribution in [0.25, 0.3) is 0 Å². The normalized spacial score (nSPS) is 11.5. The summed E-state index contributed by atoms with van der Waals surface area (Å²) in [5.74, 6) is 0. The molecule has 0 aromatic heterocycles. The van der Waals surface area contributed by atoms with Crippen molar-refractivity contribution in [1.82, 2.24) is 0 Å². The van der Waals surface area contributed by atoms with Crippen LogP contribution in [0.5, 0.6) is 0 Å². The summed E-state index contributed by atoms with van der Waals surface area (Å²) in [6.07, 6.45) is 0. The predicted molar refractivity (Wildman–Crippen MR) is 38.5 cm³/mol. The average molecular weight is 127 g/mol. The van der Waals surface area contributed by atoms with Crippen molar-refractivity contribution in [3.8, 4) is 6.07 Å². The first-order valence-corrected chi connectivity index (χ1v) is 5.80. The lowest BCUT2D eigenvalue weighted by atomic mass is 10.2. The largest absolute Gasteiger partial charge is 0.198 e. The maximum Gasteiger partial charge on any atom is 0.0647 e. The van der Waals surface area contributed by atoms with E-state index in [1.54, 1.807) is 0 Å². The Bertz CT molecular complexity index is 110. The molecule has 0 N–H and O–H groups in total. The van der Waals surface area contributed by atoms with E-state index in [1.165, 1.54) is 0 Å².